The molecule has 0 spiro atoms. The molecule has 0 amide bonds. The van der Waals surface area contributed by atoms with Crippen LogP contribution in [0.25, 0.3) is 33.3 Å². The van der Waals surface area contributed by atoms with Crippen molar-refractivity contribution in [3.8, 4) is 11.4 Å². The number of hydrogen-bond donors (Lipinski definition) is 4. The van der Waals surface area contributed by atoms with Crippen molar-refractivity contribution >= 4 is 27.6 Å². The van der Waals surface area contributed by atoms with Gasteiger partial charge in [0.15, 0.2) is 0 Å². The van der Waals surface area contributed by atoms with Crippen LogP contribution in [0.2, 0.25) is 0 Å². The third kappa shape index (κ3) is 2.81. The van der Waals surface area contributed by atoms with Gasteiger partial charge in [-0.15, -0.1) is 0 Å². The lowest BCUT2D eigenvalue weighted by molar-refractivity contribution is 0.629. The van der Waals surface area contributed by atoms with Crippen molar-refractivity contribution < 1.29 is 4.39 Å². The largest absolute Gasteiger partial charge is 0.389 e. The number of fused-ring (bicyclic) bond motifs is 2. The zero-order valence-corrected chi connectivity index (χ0v) is 14.9. The number of aromatic nitrogens is 3. The van der Waals surface area contributed by atoms with Crippen LogP contribution in [0, 0.1) is 5.82 Å². The Balaban J connectivity index is 1.75. The highest BCUT2D eigenvalue weighted by atomic mass is 19.1. The van der Waals surface area contributed by atoms with Crippen molar-refractivity contribution in [3.05, 3.63) is 70.9 Å². The van der Waals surface area contributed by atoms with Gasteiger partial charge in [0.25, 0.3) is 5.56 Å². The molecule has 1 aliphatic rings. The van der Waals surface area contributed by atoms with Gasteiger partial charge in [0.1, 0.15) is 17.2 Å². The highest BCUT2D eigenvalue weighted by Gasteiger charge is 2.21. The summed E-state index contributed by atoms with van der Waals surface area (Å²) in [5.41, 5.74) is 2.84. The predicted octanol–water partition coefficient (Wildman–Crippen LogP) is 3.50. The number of halogens is 1. The Morgan fingerprint density at radius 3 is 2.82 bits per heavy atom. The van der Waals surface area contributed by atoms with E-state index < -0.39 is 5.82 Å². The fourth-order valence-electron chi connectivity index (χ4n) is 3.64. The molecule has 6 nitrogen and oxygen atoms in total. The van der Waals surface area contributed by atoms with Crippen LogP contribution in [0.3, 0.4) is 0 Å². The molecule has 5 rings (SSSR count). The Bertz CT molecular complexity index is 1240. The van der Waals surface area contributed by atoms with E-state index in [1.165, 1.54) is 12.1 Å². The maximum absolute atomic E-state index is 13.7. The second kappa shape index (κ2) is 6.53. The molecule has 1 atom stereocenters. The first-order valence-corrected chi connectivity index (χ1v) is 9.14. The van der Waals surface area contributed by atoms with Gasteiger partial charge in [-0.05, 0) is 43.0 Å². The summed E-state index contributed by atoms with van der Waals surface area (Å²) in [6.45, 7) is 0.728. The number of H-pyrrole nitrogens is 2. The number of pyridine rings is 1. The van der Waals surface area contributed by atoms with Gasteiger partial charge >= 0.3 is 0 Å². The Kier molecular flexibility index (Phi) is 3.86. The summed E-state index contributed by atoms with van der Waals surface area (Å²) in [5.74, 6) is 0.0864. The van der Waals surface area contributed by atoms with Crippen molar-refractivity contribution in [2.75, 3.05) is 11.9 Å². The number of aromatic amines is 2. The minimum absolute atomic E-state index is 0.100. The number of para-hydroxylation sites is 2. The fourth-order valence-corrected chi connectivity index (χ4v) is 3.64. The SMILES string of the molecule is O=c1[nH]c2cc(F)ccc2c(N[C@H]2CC=CNC2)c1-c1nc2ccccc2[nH]1. The quantitative estimate of drug-likeness (QED) is 0.442. The smallest absolute Gasteiger partial charge is 0.261 e. The van der Waals surface area contributed by atoms with Crippen LogP contribution >= 0.6 is 0 Å². The van der Waals surface area contributed by atoms with E-state index >= 15 is 0 Å². The van der Waals surface area contributed by atoms with Crippen LogP contribution in [0.5, 0.6) is 0 Å². The molecule has 0 bridgehead atoms. The average Bonchev–Trinajstić information content (AvgIpc) is 3.12. The number of hydrogen-bond acceptors (Lipinski definition) is 4. The zero-order chi connectivity index (χ0) is 19.1. The molecule has 0 saturated carbocycles. The van der Waals surface area contributed by atoms with Gasteiger partial charge in [0.05, 0.1) is 22.2 Å². The minimum atomic E-state index is -0.396. The van der Waals surface area contributed by atoms with Gasteiger partial charge < -0.3 is 20.6 Å². The maximum Gasteiger partial charge on any atom is 0.261 e. The van der Waals surface area contributed by atoms with Crippen LogP contribution in [-0.2, 0) is 0 Å². The first kappa shape index (κ1) is 16.6. The molecule has 2 aromatic carbocycles. The third-order valence-electron chi connectivity index (χ3n) is 4.97. The highest BCUT2D eigenvalue weighted by molar-refractivity contribution is 5.99. The lowest BCUT2D eigenvalue weighted by Gasteiger charge is -2.23. The lowest BCUT2D eigenvalue weighted by Crippen LogP contribution is -2.33. The van der Waals surface area contributed by atoms with E-state index in [1.54, 1.807) is 6.07 Å². The maximum atomic E-state index is 13.7. The summed E-state index contributed by atoms with van der Waals surface area (Å²) in [6, 6.07) is 12.1. The molecule has 2 aromatic heterocycles. The van der Waals surface area contributed by atoms with Crippen molar-refractivity contribution in [2.24, 2.45) is 0 Å². The molecule has 0 unspecified atom stereocenters. The Morgan fingerprint density at radius 2 is 2.00 bits per heavy atom. The molecule has 4 aromatic rings. The number of nitrogens with one attached hydrogen (secondary N) is 4. The van der Waals surface area contributed by atoms with E-state index in [0.717, 1.165) is 29.4 Å². The van der Waals surface area contributed by atoms with Crippen LogP contribution in [0.1, 0.15) is 6.42 Å². The normalized spacial score (nSPS) is 16.4. The van der Waals surface area contributed by atoms with E-state index in [1.807, 2.05) is 36.5 Å². The molecule has 0 saturated heterocycles. The van der Waals surface area contributed by atoms with Gasteiger partial charge in [-0.25, -0.2) is 9.37 Å². The standard InChI is InChI=1S/C21H18FN5O/c22-12-7-8-14-17(10-12)27-21(28)18(19(14)24-13-4-3-9-23-11-13)20-25-15-5-1-2-6-16(15)26-20/h1-3,5-10,13,23H,4,11H2,(H,25,26)(H2,24,27,28)/t13-/m0/s1. The Morgan fingerprint density at radius 1 is 1.11 bits per heavy atom. The van der Waals surface area contributed by atoms with Gasteiger partial charge in [-0.3, -0.25) is 4.79 Å². The summed E-state index contributed by atoms with van der Waals surface area (Å²) in [5, 5.41) is 7.42. The summed E-state index contributed by atoms with van der Waals surface area (Å²) < 4.78 is 13.7. The number of benzene rings is 2. The van der Waals surface area contributed by atoms with Crippen molar-refractivity contribution in [2.45, 2.75) is 12.5 Å². The number of nitrogens with zero attached hydrogens (tertiary/aromatic N) is 1. The fraction of sp³-hybridized carbons (Fsp3) is 0.143. The van der Waals surface area contributed by atoms with Crippen LogP contribution in [0.4, 0.5) is 10.1 Å². The van der Waals surface area contributed by atoms with Gasteiger partial charge in [-0.1, -0.05) is 18.2 Å². The van der Waals surface area contributed by atoms with Crippen molar-refractivity contribution in [1.29, 1.82) is 0 Å². The second-order valence-electron chi connectivity index (χ2n) is 6.88. The zero-order valence-electron chi connectivity index (χ0n) is 14.9. The summed E-state index contributed by atoms with van der Waals surface area (Å²) in [7, 11) is 0. The molecular formula is C21H18FN5O. The molecule has 0 fully saturated rings. The molecular weight excluding hydrogens is 357 g/mol. The number of rotatable bonds is 3. The Labute approximate surface area is 159 Å². The molecule has 3 heterocycles. The van der Waals surface area contributed by atoms with E-state index in [0.29, 0.717) is 22.6 Å². The molecule has 1 aliphatic heterocycles. The molecule has 28 heavy (non-hydrogen) atoms. The topological polar surface area (TPSA) is 85.6 Å². The second-order valence-corrected chi connectivity index (χ2v) is 6.88. The average molecular weight is 375 g/mol. The highest BCUT2D eigenvalue weighted by Crippen LogP contribution is 2.32. The van der Waals surface area contributed by atoms with Crippen LogP contribution in [0.15, 0.2) is 59.5 Å². The Hall–Kier alpha value is -3.61. The summed E-state index contributed by atoms with van der Waals surface area (Å²) in [6.07, 6.45) is 4.78. The number of anilines is 1. The summed E-state index contributed by atoms with van der Waals surface area (Å²) >= 11 is 0. The van der Waals surface area contributed by atoms with Crippen molar-refractivity contribution in [3.63, 3.8) is 0 Å². The third-order valence-corrected chi connectivity index (χ3v) is 4.97. The predicted molar refractivity (Wildman–Crippen MR) is 109 cm³/mol. The summed E-state index contributed by atoms with van der Waals surface area (Å²) in [4.78, 5) is 23.6. The lowest BCUT2D eigenvalue weighted by atomic mass is 10.1. The van der Waals surface area contributed by atoms with Gasteiger partial charge in [0.2, 0.25) is 0 Å². The molecule has 140 valence electrons. The van der Waals surface area contributed by atoms with Crippen LogP contribution in [-0.4, -0.2) is 27.5 Å². The van der Waals surface area contributed by atoms with Gasteiger partial charge in [0, 0.05) is 18.0 Å². The molecule has 0 radical (unpaired) electrons. The first-order chi connectivity index (χ1) is 13.7. The minimum Gasteiger partial charge on any atom is -0.389 e. The van der Waals surface area contributed by atoms with Crippen molar-refractivity contribution in [1.82, 2.24) is 20.3 Å². The monoisotopic (exact) mass is 375 g/mol. The van der Waals surface area contributed by atoms with Gasteiger partial charge in [-0.2, -0.15) is 0 Å². The molecule has 7 heteroatoms. The van der Waals surface area contributed by atoms with E-state index in [9.17, 15) is 9.18 Å². The molecule has 0 aliphatic carbocycles. The molecule has 4 N–H and O–H groups in total. The van der Waals surface area contributed by atoms with E-state index in [4.69, 9.17) is 0 Å². The van der Waals surface area contributed by atoms with Crippen LogP contribution < -0.4 is 16.2 Å². The van der Waals surface area contributed by atoms with E-state index in [2.05, 4.69) is 25.6 Å². The number of imidazole rings is 1. The first-order valence-electron chi connectivity index (χ1n) is 9.14. The van der Waals surface area contributed by atoms with E-state index in [-0.39, 0.29) is 11.6 Å².